The Morgan fingerprint density at radius 2 is 0.959 bits per heavy atom. The molecule has 0 radical (unpaired) electrons. The summed E-state index contributed by atoms with van der Waals surface area (Å²) in [6.07, 6.45) is 0. The molecule has 0 spiro atoms. The van der Waals surface area contributed by atoms with E-state index in [-0.39, 0.29) is 0 Å². The fourth-order valence-electron chi connectivity index (χ4n) is 7.06. The first-order valence-corrected chi connectivity index (χ1v) is 16.4. The maximum absolute atomic E-state index is 6.43. The van der Waals surface area contributed by atoms with E-state index in [4.69, 9.17) is 19.4 Å². The number of rotatable bonds is 4. The van der Waals surface area contributed by atoms with Gasteiger partial charge in [0.15, 0.2) is 17.5 Å². The maximum Gasteiger partial charge on any atom is 0.164 e. The minimum absolute atomic E-state index is 0.602. The highest BCUT2D eigenvalue weighted by Gasteiger charge is 2.19. The minimum atomic E-state index is 0.602. The molecule has 0 unspecified atom stereocenters. The van der Waals surface area contributed by atoms with Gasteiger partial charge in [-0.15, -0.1) is 0 Å². The second-order valence-electron chi connectivity index (χ2n) is 12.5. The van der Waals surface area contributed by atoms with E-state index < -0.39 is 0 Å². The van der Waals surface area contributed by atoms with Crippen LogP contribution in [0.25, 0.3) is 99.5 Å². The van der Waals surface area contributed by atoms with Crippen LogP contribution in [0.1, 0.15) is 0 Å². The Bertz CT molecular complexity index is 2890. The van der Waals surface area contributed by atoms with E-state index in [1.807, 2.05) is 42.5 Å². The smallest absolute Gasteiger partial charge is 0.164 e. The largest absolute Gasteiger partial charge is 0.456 e. The molecule has 0 bridgehead atoms. The van der Waals surface area contributed by atoms with Gasteiger partial charge in [-0.3, -0.25) is 0 Å². The summed E-state index contributed by atoms with van der Waals surface area (Å²) in [4.78, 5) is 15.6. The van der Waals surface area contributed by atoms with Gasteiger partial charge in [0.1, 0.15) is 11.2 Å². The SMILES string of the molecule is c1ccc(-c2nc(-c3cc(-c4ccc5ccccc5c4)cc4ccccc34)nc(-c3cccc4oc5cc6ccccc6cc5c34)n2)cc1. The number of fused-ring (bicyclic) bond motifs is 6. The van der Waals surface area contributed by atoms with Gasteiger partial charge >= 0.3 is 0 Å². The Labute approximate surface area is 282 Å². The van der Waals surface area contributed by atoms with Crippen LogP contribution in [0.2, 0.25) is 0 Å². The lowest BCUT2D eigenvalue weighted by atomic mass is 9.95. The molecule has 10 aromatic rings. The molecule has 10 rings (SSSR count). The molecule has 0 aliphatic rings. The van der Waals surface area contributed by atoms with Gasteiger partial charge in [0, 0.05) is 27.5 Å². The average Bonchev–Trinajstić information content (AvgIpc) is 3.54. The van der Waals surface area contributed by atoms with Crippen LogP contribution >= 0.6 is 0 Å². The van der Waals surface area contributed by atoms with Crippen molar-refractivity contribution < 1.29 is 4.42 Å². The summed E-state index contributed by atoms with van der Waals surface area (Å²) in [5.74, 6) is 1.85. The van der Waals surface area contributed by atoms with Gasteiger partial charge in [-0.1, -0.05) is 127 Å². The van der Waals surface area contributed by atoms with Crippen LogP contribution in [0.5, 0.6) is 0 Å². The molecule has 0 aliphatic heterocycles. The fourth-order valence-corrected chi connectivity index (χ4v) is 7.06. The molecule has 4 nitrogen and oxygen atoms in total. The highest BCUT2D eigenvalue weighted by molar-refractivity contribution is 6.15. The van der Waals surface area contributed by atoms with Crippen LogP contribution in [-0.2, 0) is 0 Å². The zero-order chi connectivity index (χ0) is 32.3. The van der Waals surface area contributed by atoms with E-state index in [1.54, 1.807) is 0 Å². The van der Waals surface area contributed by atoms with Crippen molar-refractivity contribution in [2.24, 2.45) is 0 Å². The van der Waals surface area contributed by atoms with Gasteiger partial charge in [-0.05, 0) is 79.8 Å². The van der Waals surface area contributed by atoms with Crippen molar-refractivity contribution in [2.45, 2.75) is 0 Å². The fraction of sp³-hybridized carbons (Fsp3) is 0. The Hall–Kier alpha value is -6.65. The first-order valence-electron chi connectivity index (χ1n) is 16.4. The second-order valence-corrected chi connectivity index (χ2v) is 12.5. The molecule has 0 aliphatic carbocycles. The Kier molecular flexibility index (Phi) is 6.15. The first-order chi connectivity index (χ1) is 24.2. The number of benzene rings is 8. The molecule has 4 heteroatoms. The van der Waals surface area contributed by atoms with Crippen molar-refractivity contribution in [3.8, 4) is 45.3 Å². The van der Waals surface area contributed by atoms with E-state index in [2.05, 4.69) is 121 Å². The summed E-state index contributed by atoms with van der Waals surface area (Å²) in [6.45, 7) is 0. The molecular weight excluding hydrogens is 599 g/mol. The molecule has 0 amide bonds. The summed E-state index contributed by atoms with van der Waals surface area (Å²) in [7, 11) is 0. The van der Waals surface area contributed by atoms with E-state index in [0.717, 1.165) is 71.3 Å². The molecule has 0 N–H and O–H groups in total. The van der Waals surface area contributed by atoms with Gasteiger partial charge in [-0.25, -0.2) is 15.0 Å². The Balaban J connectivity index is 1.24. The van der Waals surface area contributed by atoms with Crippen molar-refractivity contribution >= 4 is 54.3 Å². The number of hydrogen-bond acceptors (Lipinski definition) is 4. The molecular formula is C45H27N3O. The molecule has 8 aromatic carbocycles. The third-order valence-electron chi connectivity index (χ3n) is 9.46. The van der Waals surface area contributed by atoms with Crippen LogP contribution in [-0.4, -0.2) is 15.0 Å². The summed E-state index contributed by atoms with van der Waals surface area (Å²) >= 11 is 0. The minimum Gasteiger partial charge on any atom is -0.456 e. The lowest BCUT2D eigenvalue weighted by Crippen LogP contribution is -2.01. The van der Waals surface area contributed by atoms with Crippen molar-refractivity contribution in [1.82, 2.24) is 15.0 Å². The van der Waals surface area contributed by atoms with E-state index in [9.17, 15) is 0 Å². The van der Waals surface area contributed by atoms with E-state index >= 15 is 0 Å². The summed E-state index contributed by atoms with van der Waals surface area (Å²) in [5, 5.41) is 8.97. The quantitative estimate of drug-likeness (QED) is 0.195. The van der Waals surface area contributed by atoms with Crippen molar-refractivity contribution in [1.29, 1.82) is 0 Å². The van der Waals surface area contributed by atoms with Crippen molar-refractivity contribution in [3.05, 3.63) is 164 Å². The average molecular weight is 626 g/mol. The van der Waals surface area contributed by atoms with Gasteiger partial charge in [0.2, 0.25) is 0 Å². The first kappa shape index (κ1) is 27.5. The Morgan fingerprint density at radius 1 is 0.327 bits per heavy atom. The van der Waals surface area contributed by atoms with Crippen LogP contribution < -0.4 is 0 Å². The molecule has 0 atom stereocenters. The van der Waals surface area contributed by atoms with Gasteiger partial charge in [-0.2, -0.15) is 0 Å². The predicted octanol–water partition coefficient (Wildman–Crippen LogP) is 11.9. The molecule has 0 saturated carbocycles. The lowest BCUT2D eigenvalue weighted by molar-refractivity contribution is 0.669. The third-order valence-corrected chi connectivity index (χ3v) is 9.46. The summed E-state index contributed by atoms with van der Waals surface area (Å²) in [5.41, 5.74) is 6.68. The number of furan rings is 1. The van der Waals surface area contributed by atoms with Crippen LogP contribution in [0.3, 0.4) is 0 Å². The van der Waals surface area contributed by atoms with Crippen LogP contribution in [0, 0.1) is 0 Å². The predicted molar refractivity (Wildman–Crippen MR) is 201 cm³/mol. The maximum atomic E-state index is 6.43. The topological polar surface area (TPSA) is 51.8 Å². The van der Waals surface area contributed by atoms with Gasteiger partial charge in [0.05, 0.1) is 0 Å². The number of aromatic nitrogens is 3. The zero-order valence-corrected chi connectivity index (χ0v) is 26.3. The molecule has 0 saturated heterocycles. The number of hydrogen-bond donors (Lipinski definition) is 0. The summed E-state index contributed by atoms with van der Waals surface area (Å²) in [6, 6.07) is 57.0. The highest BCUT2D eigenvalue weighted by Crippen LogP contribution is 2.39. The molecule has 2 aromatic heterocycles. The van der Waals surface area contributed by atoms with Gasteiger partial charge in [0.25, 0.3) is 0 Å². The third kappa shape index (κ3) is 4.65. The standard InChI is InChI=1S/C45H27N3O/c1-2-12-29(13-3-1)43-46-44(37-19-10-20-40-42(37)39-25-31-15-6-7-16-32(31)27-41(39)49-40)48-45(47-43)38-26-35(24-34-17-8-9-18-36(34)38)33-22-21-28-11-4-5-14-30(28)23-33/h1-27H. The molecule has 2 heterocycles. The second kappa shape index (κ2) is 11.0. The molecule has 0 fully saturated rings. The van der Waals surface area contributed by atoms with E-state index in [0.29, 0.717) is 17.5 Å². The van der Waals surface area contributed by atoms with Gasteiger partial charge < -0.3 is 4.42 Å². The zero-order valence-electron chi connectivity index (χ0n) is 26.3. The number of nitrogens with zero attached hydrogens (tertiary/aromatic N) is 3. The Morgan fingerprint density at radius 3 is 1.78 bits per heavy atom. The molecule has 228 valence electrons. The van der Waals surface area contributed by atoms with Crippen LogP contribution in [0.15, 0.2) is 168 Å². The van der Waals surface area contributed by atoms with Crippen molar-refractivity contribution in [2.75, 3.05) is 0 Å². The highest BCUT2D eigenvalue weighted by atomic mass is 16.3. The lowest BCUT2D eigenvalue weighted by Gasteiger charge is -2.13. The van der Waals surface area contributed by atoms with E-state index in [1.165, 1.54) is 10.8 Å². The normalized spacial score (nSPS) is 11.7. The summed E-state index contributed by atoms with van der Waals surface area (Å²) < 4.78 is 6.43. The molecule has 49 heavy (non-hydrogen) atoms. The van der Waals surface area contributed by atoms with Crippen molar-refractivity contribution in [3.63, 3.8) is 0 Å². The monoisotopic (exact) mass is 625 g/mol. The van der Waals surface area contributed by atoms with Crippen LogP contribution in [0.4, 0.5) is 0 Å².